The molecule has 0 radical (unpaired) electrons. The van der Waals surface area contributed by atoms with Gasteiger partial charge in [0.1, 0.15) is 5.82 Å². The summed E-state index contributed by atoms with van der Waals surface area (Å²) in [6, 6.07) is 23.4. The fourth-order valence-corrected chi connectivity index (χ4v) is 4.49. The van der Waals surface area contributed by atoms with E-state index in [2.05, 4.69) is 74.7 Å². The van der Waals surface area contributed by atoms with E-state index in [0.717, 1.165) is 16.3 Å². The number of benzene rings is 3. The molecule has 0 unspecified atom stereocenters. The van der Waals surface area contributed by atoms with Gasteiger partial charge in [-0.3, -0.25) is 0 Å². The predicted molar refractivity (Wildman–Crippen MR) is 117 cm³/mol. The molecule has 1 aliphatic rings. The van der Waals surface area contributed by atoms with E-state index in [1.807, 2.05) is 12.1 Å². The summed E-state index contributed by atoms with van der Waals surface area (Å²) in [6.45, 7) is 6.55. The van der Waals surface area contributed by atoms with E-state index in [0.29, 0.717) is 0 Å². The van der Waals surface area contributed by atoms with Crippen LogP contribution in [0.15, 0.2) is 93.7 Å². The second kappa shape index (κ2) is 7.40. The quantitative estimate of drug-likeness (QED) is 0.432. The number of fused-ring (bicyclic) bond motifs is 1. The molecule has 1 aliphatic carbocycles. The van der Waals surface area contributed by atoms with Crippen LogP contribution in [0.5, 0.6) is 0 Å². The first-order valence-electron chi connectivity index (χ1n) is 9.33. The van der Waals surface area contributed by atoms with Crippen LogP contribution in [0.4, 0.5) is 10.1 Å². The van der Waals surface area contributed by atoms with Gasteiger partial charge < -0.3 is 0 Å². The maximum absolute atomic E-state index is 13.2. The van der Waals surface area contributed by atoms with E-state index in [-0.39, 0.29) is 11.2 Å². The topological polar surface area (TPSA) is 12.4 Å². The summed E-state index contributed by atoms with van der Waals surface area (Å²) in [5.74, 6) is -0.216. The van der Waals surface area contributed by atoms with Gasteiger partial charge in [-0.05, 0) is 59.9 Å². The van der Waals surface area contributed by atoms with Crippen LogP contribution in [0.25, 0.3) is 0 Å². The highest BCUT2D eigenvalue weighted by atomic mass is 32.2. The molecule has 140 valence electrons. The summed E-state index contributed by atoms with van der Waals surface area (Å²) < 4.78 is 13.2. The molecule has 0 atom stereocenters. The highest BCUT2D eigenvalue weighted by molar-refractivity contribution is 8.02. The fraction of sp³-hybridized carbons (Fsp3) is 0.160. The van der Waals surface area contributed by atoms with Crippen LogP contribution in [-0.4, -0.2) is 5.71 Å². The molecular formula is C25H22FNS. The molecule has 0 spiro atoms. The second-order valence-electron chi connectivity index (χ2n) is 7.57. The maximum Gasteiger partial charge on any atom is 0.123 e. The lowest BCUT2D eigenvalue weighted by molar-refractivity contribution is 0.626. The summed E-state index contributed by atoms with van der Waals surface area (Å²) in [5, 5.41) is 2.17. The molecule has 0 fully saturated rings. The minimum atomic E-state index is -0.216. The lowest BCUT2D eigenvalue weighted by Gasteiger charge is -2.21. The third kappa shape index (κ3) is 3.55. The van der Waals surface area contributed by atoms with Crippen molar-refractivity contribution < 1.29 is 4.39 Å². The Morgan fingerprint density at radius 2 is 1.57 bits per heavy atom. The monoisotopic (exact) mass is 387 g/mol. The van der Waals surface area contributed by atoms with Crippen LogP contribution >= 0.6 is 11.8 Å². The number of halogens is 1. The van der Waals surface area contributed by atoms with Crippen LogP contribution in [0.3, 0.4) is 0 Å². The zero-order valence-electron chi connectivity index (χ0n) is 16.2. The Bertz CT molecular complexity index is 1060. The molecule has 0 aliphatic heterocycles. The fourth-order valence-electron chi connectivity index (χ4n) is 3.53. The van der Waals surface area contributed by atoms with Crippen LogP contribution in [0.2, 0.25) is 0 Å². The van der Waals surface area contributed by atoms with E-state index >= 15 is 0 Å². The standard InChI is InChI=1S/C25H22FNS/c1-17-8-12-19(13-9-17)27-24-21-6-4-5-7-22(21)25(2,3)23(24)16-28-20-14-10-18(26)11-15-20/h4-16H,1-3H3/b23-16-,27-24?. The largest absolute Gasteiger partial charge is 0.248 e. The van der Waals surface area contributed by atoms with Crippen molar-refractivity contribution in [3.05, 3.63) is 106 Å². The Morgan fingerprint density at radius 1 is 0.893 bits per heavy atom. The smallest absolute Gasteiger partial charge is 0.123 e. The highest BCUT2D eigenvalue weighted by Crippen LogP contribution is 2.45. The Balaban J connectivity index is 1.80. The average Bonchev–Trinajstić information content (AvgIpc) is 2.90. The van der Waals surface area contributed by atoms with Gasteiger partial charge in [0, 0.05) is 15.9 Å². The first-order chi connectivity index (χ1) is 13.4. The van der Waals surface area contributed by atoms with Crippen molar-refractivity contribution in [2.24, 2.45) is 4.99 Å². The number of aryl methyl sites for hydroxylation is 1. The number of hydrogen-bond acceptors (Lipinski definition) is 2. The van der Waals surface area contributed by atoms with E-state index in [4.69, 9.17) is 4.99 Å². The normalized spacial score (nSPS) is 17.9. The van der Waals surface area contributed by atoms with Crippen molar-refractivity contribution >= 4 is 23.2 Å². The van der Waals surface area contributed by atoms with Crippen LogP contribution in [0.1, 0.15) is 30.5 Å². The number of aliphatic imine (C=N–C) groups is 1. The molecule has 0 aromatic heterocycles. The Morgan fingerprint density at radius 3 is 2.29 bits per heavy atom. The summed E-state index contributed by atoms with van der Waals surface area (Å²) in [6.07, 6.45) is 0. The van der Waals surface area contributed by atoms with Crippen molar-refractivity contribution in [1.82, 2.24) is 0 Å². The summed E-state index contributed by atoms with van der Waals surface area (Å²) in [4.78, 5) is 6.03. The maximum atomic E-state index is 13.2. The van der Waals surface area contributed by atoms with E-state index in [1.54, 1.807) is 11.8 Å². The van der Waals surface area contributed by atoms with Crippen molar-refractivity contribution in [3.63, 3.8) is 0 Å². The molecule has 0 bridgehead atoms. The summed E-state index contributed by atoms with van der Waals surface area (Å²) >= 11 is 1.61. The minimum Gasteiger partial charge on any atom is -0.248 e. The minimum absolute atomic E-state index is 0.146. The van der Waals surface area contributed by atoms with Crippen molar-refractivity contribution in [2.45, 2.75) is 31.1 Å². The molecule has 4 rings (SSSR count). The van der Waals surface area contributed by atoms with E-state index in [9.17, 15) is 4.39 Å². The van der Waals surface area contributed by atoms with Gasteiger partial charge in [0.2, 0.25) is 0 Å². The molecule has 3 aromatic rings. The van der Waals surface area contributed by atoms with Crippen molar-refractivity contribution in [3.8, 4) is 0 Å². The first kappa shape index (κ1) is 18.7. The van der Waals surface area contributed by atoms with Crippen molar-refractivity contribution in [1.29, 1.82) is 0 Å². The molecule has 28 heavy (non-hydrogen) atoms. The van der Waals surface area contributed by atoms with Crippen LogP contribution < -0.4 is 0 Å². The third-order valence-corrected chi connectivity index (χ3v) is 6.08. The molecule has 0 saturated heterocycles. The molecule has 0 N–H and O–H groups in total. The molecular weight excluding hydrogens is 365 g/mol. The zero-order chi connectivity index (χ0) is 19.7. The average molecular weight is 388 g/mol. The van der Waals surface area contributed by atoms with Gasteiger partial charge in [-0.2, -0.15) is 0 Å². The third-order valence-electron chi connectivity index (χ3n) is 5.19. The molecule has 1 nitrogen and oxygen atoms in total. The van der Waals surface area contributed by atoms with Gasteiger partial charge in [0.15, 0.2) is 0 Å². The van der Waals surface area contributed by atoms with E-state index < -0.39 is 0 Å². The highest BCUT2D eigenvalue weighted by Gasteiger charge is 2.39. The Hall–Kier alpha value is -2.65. The van der Waals surface area contributed by atoms with Crippen molar-refractivity contribution in [2.75, 3.05) is 0 Å². The Kier molecular flexibility index (Phi) is 4.94. The van der Waals surface area contributed by atoms with Crippen LogP contribution in [0, 0.1) is 12.7 Å². The number of allylic oxidation sites excluding steroid dienone is 1. The summed E-state index contributed by atoms with van der Waals surface area (Å²) in [7, 11) is 0. The molecule has 0 amide bonds. The van der Waals surface area contributed by atoms with Gasteiger partial charge in [0.25, 0.3) is 0 Å². The first-order valence-corrected chi connectivity index (χ1v) is 10.2. The predicted octanol–water partition coefficient (Wildman–Crippen LogP) is 7.22. The second-order valence-corrected chi connectivity index (χ2v) is 8.51. The molecule has 0 heterocycles. The van der Waals surface area contributed by atoms with Gasteiger partial charge in [-0.1, -0.05) is 67.6 Å². The molecule has 3 aromatic carbocycles. The van der Waals surface area contributed by atoms with Gasteiger partial charge in [0.05, 0.1) is 11.4 Å². The zero-order valence-corrected chi connectivity index (χ0v) is 17.1. The van der Waals surface area contributed by atoms with E-state index in [1.165, 1.54) is 34.4 Å². The lowest BCUT2D eigenvalue weighted by atomic mass is 9.83. The number of thioether (sulfide) groups is 1. The SMILES string of the molecule is Cc1ccc(N=C2/C(=C/Sc3ccc(F)cc3)C(C)(C)c3ccccc32)cc1. The van der Waals surface area contributed by atoms with Gasteiger partial charge in [-0.15, -0.1) is 0 Å². The van der Waals surface area contributed by atoms with Crippen LogP contribution in [-0.2, 0) is 5.41 Å². The number of nitrogens with zero attached hydrogens (tertiary/aromatic N) is 1. The lowest BCUT2D eigenvalue weighted by Crippen LogP contribution is -2.17. The Labute approximate surface area is 170 Å². The summed E-state index contributed by atoms with van der Waals surface area (Å²) in [5.41, 5.74) is 6.69. The van der Waals surface area contributed by atoms with Gasteiger partial charge in [-0.25, -0.2) is 9.38 Å². The number of hydrogen-bond donors (Lipinski definition) is 0. The molecule has 0 saturated carbocycles. The number of rotatable bonds is 3. The van der Waals surface area contributed by atoms with Gasteiger partial charge >= 0.3 is 0 Å². The molecule has 3 heteroatoms.